The number of carbonyl (C=O) groups excluding carboxylic acids is 1. The summed E-state index contributed by atoms with van der Waals surface area (Å²) in [7, 11) is 0. The van der Waals surface area contributed by atoms with E-state index in [1.165, 1.54) is 44.6 Å². The molecule has 2 unspecified atom stereocenters. The lowest BCUT2D eigenvalue weighted by atomic mass is 9.80. The molecule has 0 spiro atoms. The zero-order valence-corrected chi connectivity index (χ0v) is 8.79. The lowest BCUT2D eigenvalue weighted by Gasteiger charge is -2.25. The van der Waals surface area contributed by atoms with Crippen LogP contribution in [-0.4, -0.2) is 5.97 Å². The highest BCUT2D eigenvalue weighted by Crippen LogP contribution is 2.42. The molecule has 0 heterocycles. The molecular formula is C12H18O2. The Morgan fingerprint density at radius 1 is 1.36 bits per heavy atom. The molecule has 3 aliphatic carbocycles. The SMILES string of the molecule is CC(=O)O/C=C1\CC2CCCC1CC2. The van der Waals surface area contributed by atoms with Crippen LogP contribution < -0.4 is 0 Å². The Bertz CT molecular complexity index is 251. The Kier molecular flexibility index (Phi) is 2.90. The monoisotopic (exact) mass is 194 g/mol. The number of ether oxygens (including phenoxy) is 1. The van der Waals surface area contributed by atoms with Crippen molar-refractivity contribution in [1.29, 1.82) is 0 Å². The fourth-order valence-electron chi connectivity index (χ4n) is 2.76. The zero-order chi connectivity index (χ0) is 9.97. The van der Waals surface area contributed by atoms with E-state index in [4.69, 9.17) is 4.74 Å². The normalized spacial score (nSPS) is 34.2. The first-order valence-corrected chi connectivity index (χ1v) is 5.62. The summed E-state index contributed by atoms with van der Waals surface area (Å²) in [6.45, 7) is 1.46. The van der Waals surface area contributed by atoms with Crippen LogP contribution in [0.3, 0.4) is 0 Å². The summed E-state index contributed by atoms with van der Waals surface area (Å²) < 4.78 is 4.99. The van der Waals surface area contributed by atoms with Gasteiger partial charge in [-0.3, -0.25) is 4.79 Å². The molecule has 0 aromatic carbocycles. The molecule has 2 nitrogen and oxygen atoms in total. The molecule has 0 amide bonds. The van der Waals surface area contributed by atoms with E-state index < -0.39 is 0 Å². The van der Waals surface area contributed by atoms with Crippen LogP contribution in [0.15, 0.2) is 11.8 Å². The third-order valence-corrected chi connectivity index (χ3v) is 3.51. The summed E-state index contributed by atoms with van der Waals surface area (Å²) in [6.07, 6.45) is 9.59. The van der Waals surface area contributed by atoms with Crippen molar-refractivity contribution in [3.8, 4) is 0 Å². The number of esters is 1. The van der Waals surface area contributed by atoms with E-state index in [1.54, 1.807) is 6.26 Å². The van der Waals surface area contributed by atoms with Gasteiger partial charge in [-0.1, -0.05) is 12.8 Å². The number of carbonyl (C=O) groups is 1. The number of fused-ring (bicyclic) bond motifs is 4. The fraction of sp³-hybridized carbons (Fsp3) is 0.750. The largest absolute Gasteiger partial charge is 0.435 e. The lowest BCUT2D eigenvalue weighted by Crippen LogP contribution is -2.13. The maximum Gasteiger partial charge on any atom is 0.307 e. The Labute approximate surface area is 85.3 Å². The highest BCUT2D eigenvalue weighted by atomic mass is 16.5. The van der Waals surface area contributed by atoms with E-state index in [0.29, 0.717) is 5.92 Å². The van der Waals surface area contributed by atoms with Crippen molar-refractivity contribution >= 4 is 5.97 Å². The summed E-state index contributed by atoms with van der Waals surface area (Å²) in [5, 5.41) is 0. The first kappa shape index (κ1) is 9.75. The smallest absolute Gasteiger partial charge is 0.307 e. The maximum atomic E-state index is 10.7. The Morgan fingerprint density at radius 2 is 2.21 bits per heavy atom. The van der Waals surface area contributed by atoms with Gasteiger partial charge in [0.2, 0.25) is 0 Å². The second-order valence-corrected chi connectivity index (χ2v) is 4.58. The van der Waals surface area contributed by atoms with E-state index in [-0.39, 0.29) is 5.97 Å². The third kappa shape index (κ3) is 2.17. The predicted molar refractivity (Wildman–Crippen MR) is 54.5 cm³/mol. The quantitative estimate of drug-likeness (QED) is 0.473. The molecule has 3 saturated carbocycles. The van der Waals surface area contributed by atoms with Crippen LogP contribution >= 0.6 is 0 Å². The van der Waals surface area contributed by atoms with E-state index in [2.05, 4.69) is 0 Å². The summed E-state index contributed by atoms with van der Waals surface area (Å²) in [5.41, 5.74) is 1.38. The van der Waals surface area contributed by atoms with E-state index in [1.807, 2.05) is 0 Å². The van der Waals surface area contributed by atoms with Gasteiger partial charge in [-0.05, 0) is 43.1 Å². The van der Waals surface area contributed by atoms with Crippen LogP contribution in [0.2, 0.25) is 0 Å². The summed E-state index contributed by atoms with van der Waals surface area (Å²) in [4.78, 5) is 10.7. The predicted octanol–water partition coefficient (Wildman–Crippen LogP) is 3.03. The van der Waals surface area contributed by atoms with Gasteiger partial charge in [-0.2, -0.15) is 0 Å². The summed E-state index contributed by atoms with van der Waals surface area (Å²) in [6, 6.07) is 0. The molecule has 2 heteroatoms. The Balaban J connectivity index is 2.04. The minimum Gasteiger partial charge on any atom is -0.435 e. The van der Waals surface area contributed by atoms with E-state index in [0.717, 1.165) is 12.3 Å². The van der Waals surface area contributed by atoms with Crippen molar-refractivity contribution in [2.75, 3.05) is 0 Å². The topological polar surface area (TPSA) is 26.3 Å². The van der Waals surface area contributed by atoms with Crippen molar-refractivity contribution in [2.24, 2.45) is 11.8 Å². The van der Waals surface area contributed by atoms with Gasteiger partial charge in [-0.25, -0.2) is 0 Å². The minimum atomic E-state index is -0.197. The molecule has 0 aliphatic heterocycles. The molecule has 3 aliphatic rings. The van der Waals surface area contributed by atoms with Gasteiger partial charge in [-0.15, -0.1) is 0 Å². The fourth-order valence-corrected chi connectivity index (χ4v) is 2.76. The van der Waals surface area contributed by atoms with Crippen LogP contribution in [0, 0.1) is 11.8 Å². The minimum absolute atomic E-state index is 0.197. The van der Waals surface area contributed by atoms with Gasteiger partial charge >= 0.3 is 5.97 Å². The van der Waals surface area contributed by atoms with E-state index in [9.17, 15) is 4.79 Å². The molecule has 0 saturated heterocycles. The first-order valence-electron chi connectivity index (χ1n) is 5.62. The number of hydrogen-bond acceptors (Lipinski definition) is 2. The second kappa shape index (κ2) is 4.16. The lowest BCUT2D eigenvalue weighted by molar-refractivity contribution is -0.135. The van der Waals surface area contributed by atoms with Crippen molar-refractivity contribution in [2.45, 2.75) is 45.4 Å². The molecular weight excluding hydrogens is 176 g/mol. The first-order chi connectivity index (χ1) is 6.75. The van der Waals surface area contributed by atoms with E-state index >= 15 is 0 Å². The van der Waals surface area contributed by atoms with Gasteiger partial charge in [0.1, 0.15) is 0 Å². The van der Waals surface area contributed by atoms with Crippen molar-refractivity contribution in [3.63, 3.8) is 0 Å². The highest BCUT2D eigenvalue weighted by Gasteiger charge is 2.29. The van der Waals surface area contributed by atoms with Crippen LogP contribution in [0.1, 0.15) is 45.4 Å². The summed E-state index contributed by atoms with van der Waals surface area (Å²) in [5.74, 6) is 1.36. The molecule has 3 fully saturated rings. The second-order valence-electron chi connectivity index (χ2n) is 4.58. The average molecular weight is 194 g/mol. The average Bonchev–Trinajstić information content (AvgIpc) is 2.48. The molecule has 0 aromatic rings. The van der Waals surface area contributed by atoms with Crippen LogP contribution in [-0.2, 0) is 9.53 Å². The maximum absolute atomic E-state index is 10.7. The van der Waals surface area contributed by atoms with Crippen LogP contribution in [0.5, 0.6) is 0 Å². The summed E-state index contributed by atoms with van der Waals surface area (Å²) >= 11 is 0. The molecule has 78 valence electrons. The van der Waals surface area contributed by atoms with Gasteiger partial charge in [0.05, 0.1) is 6.26 Å². The highest BCUT2D eigenvalue weighted by molar-refractivity contribution is 5.66. The molecule has 0 radical (unpaired) electrons. The Morgan fingerprint density at radius 3 is 3.00 bits per heavy atom. The standard InChI is InChI=1S/C12H18O2/c1-9(13)14-8-12-7-10-3-2-4-11(12)6-5-10/h8,10-11H,2-7H2,1H3/b12-8+. The molecule has 14 heavy (non-hydrogen) atoms. The van der Waals surface area contributed by atoms with Gasteiger partial charge in [0.15, 0.2) is 0 Å². The van der Waals surface area contributed by atoms with Crippen LogP contribution in [0.25, 0.3) is 0 Å². The van der Waals surface area contributed by atoms with Gasteiger partial charge < -0.3 is 4.74 Å². The third-order valence-electron chi connectivity index (χ3n) is 3.51. The Hall–Kier alpha value is -0.790. The van der Waals surface area contributed by atoms with Crippen molar-refractivity contribution in [1.82, 2.24) is 0 Å². The molecule has 2 bridgehead atoms. The number of hydrogen-bond donors (Lipinski definition) is 0. The van der Waals surface area contributed by atoms with Crippen LogP contribution in [0.4, 0.5) is 0 Å². The zero-order valence-electron chi connectivity index (χ0n) is 8.79. The van der Waals surface area contributed by atoms with Crippen molar-refractivity contribution < 1.29 is 9.53 Å². The van der Waals surface area contributed by atoms with Crippen molar-refractivity contribution in [3.05, 3.63) is 11.8 Å². The molecule has 2 atom stereocenters. The number of allylic oxidation sites excluding steroid dienone is 1. The van der Waals surface area contributed by atoms with Gasteiger partial charge in [0.25, 0.3) is 0 Å². The molecule has 0 aromatic heterocycles. The molecule has 3 rings (SSSR count). The molecule has 0 N–H and O–H groups in total. The van der Waals surface area contributed by atoms with Gasteiger partial charge in [0, 0.05) is 6.92 Å². The number of rotatable bonds is 1.